The van der Waals surface area contributed by atoms with Gasteiger partial charge < -0.3 is 15.4 Å². The first-order chi connectivity index (χ1) is 10.7. The van der Waals surface area contributed by atoms with Crippen LogP contribution in [0.5, 0.6) is 5.75 Å². The third-order valence-electron chi connectivity index (χ3n) is 3.39. The van der Waals surface area contributed by atoms with Crippen molar-refractivity contribution in [2.45, 2.75) is 26.8 Å². The van der Waals surface area contributed by atoms with Gasteiger partial charge in [0.25, 0.3) is 0 Å². The van der Waals surface area contributed by atoms with Gasteiger partial charge in [-0.25, -0.2) is 4.79 Å². The van der Waals surface area contributed by atoms with E-state index >= 15 is 0 Å². The van der Waals surface area contributed by atoms with Crippen LogP contribution in [0.15, 0.2) is 48.5 Å². The Labute approximate surface area is 131 Å². The molecular weight excluding hydrogens is 276 g/mol. The van der Waals surface area contributed by atoms with Crippen molar-refractivity contribution in [3.63, 3.8) is 0 Å². The number of amides is 2. The summed E-state index contributed by atoms with van der Waals surface area (Å²) >= 11 is 0. The van der Waals surface area contributed by atoms with Gasteiger partial charge in [0.15, 0.2) is 6.73 Å². The Morgan fingerprint density at radius 2 is 1.77 bits per heavy atom. The molecule has 0 saturated carbocycles. The predicted molar refractivity (Wildman–Crippen MR) is 87.9 cm³/mol. The molecule has 0 aromatic heterocycles. The molecule has 0 spiro atoms. The van der Waals surface area contributed by atoms with Gasteiger partial charge in [0.1, 0.15) is 5.75 Å². The summed E-state index contributed by atoms with van der Waals surface area (Å²) in [6.45, 7) is 4.76. The molecule has 0 atom stereocenters. The molecule has 2 N–H and O–H groups in total. The van der Waals surface area contributed by atoms with Crippen molar-refractivity contribution in [2.24, 2.45) is 0 Å². The molecule has 4 heteroatoms. The van der Waals surface area contributed by atoms with Gasteiger partial charge in [0, 0.05) is 6.54 Å². The third-order valence-corrected chi connectivity index (χ3v) is 3.39. The molecule has 2 rings (SSSR count). The molecule has 2 aromatic rings. The number of nitrogens with one attached hydrogen (secondary N) is 2. The largest absolute Gasteiger partial charge is 0.473 e. The highest BCUT2D eigenvalue weighted by Gasteiger charge is 2.03. The van der Waals surface area contributed by atoms with Crippen molar-refractivity contribution >= 4 is 6.03 Å². The van der Waals surface area contributed by atoms with Crippen LogP contribution >= 0.6 is 0 Å². The molecule has 2 amide bonds. The summed E-state index contributed by atoms with van der Waals surface area (Å²) in [6.07, 6.45) is 0.899. The highest BCUT2D eigenvalue weighted by Crippen LogP contribution is 2.17. The van der Waals surface area contributed by atoms with E-state index in [1.165, 1.54) is 5.56 Å². The number of para-hydroxylation sites is 1. The Hall–Kier alpha value is -2.49. The van der Waals surface area contributed by atoms with Crippen molar-refractivity contribution in [1.29, 1.82) is 0 Å². The summed E-state index contributed by atoms with van der Waals surface area (Å²) in [6, 6.07) is 15.7. The molecule has 0 radical (unpaired) electrons. The normalized spacial score (nSPS) is 10.1. The maximum Gasteiger partial charge on any atom is 0.317 e. The quantitative estimate of drug-likeness (QED) is 0.803. The van der Waals surface area contributed by atoms with E-state index in [0.717, 1.165) is 23.3 Å². The molecule has 0 aliphatic rings. The summed E-state index contributed by atoms with van der Waals surface area (Å²) in [5, 5.41) is 5.50. The van der Waals surface area contributed by atoms with Crippen molar-refractivity contribution in [3.8, 4) is 5.75 Å². The van der Waals surface area contributed by atoms with E-state index in [9.17, 15) is 4.79 Å². The maximum atomic E-state index is 11.7. The number of ether oxygens (including phenoxy) is 1. The Bertz CT molecular complexity index is 609. The number of hydrogen-bond acceptors (Lipinski definition) is 2. The lowest BCUT2D eigenvalue weighted by atomic mass is 10.1. The van der Waals surface area contributed by atoms with Crippen LogP contribution in [-0.2, 0) is 13.0 Å². The first-order valence-corrected chi connectivity index (χ1v) is 7.47. The molecule has 2 aromatic carbocycles. The third kappa shape index (κ3) is 4.81. The molecule has 4 nitrogen and oxygen atoms in total. The van der Waals surface area contributed by atoms with Crippen molar-refractivity contribution in [3.05, 3.63) is 65.2 Å². The molecule has 0 fully saturated rings. The van der Waals surface area contributed by atoms with Crippen LogP contribution in [0.4, 0.5) is 4.79 Å². The number of carbonyl (C=O) groups excluding carboxylic acids is 1. The lowest BCUT2D eigenvalue weighted by molar-refractivity contribution is 0.223. The molecule has 0 aliphatic carbocycles. The zero-order chi connectivity index (χ0) is 15.8. The molecule has 0 aliphatic heterocycles. The number of benzene rings is 2. The Kier molecular flexibility index (Phi) is 5.83. The monoisotopic (exact) mass is 298 g/mol. The van der Waals surface area contributed by atoms with Crippen LogP contribution in [-0.4, -0.2) is 12.8 Å². The van der Waals surface area contributed by atoms with Gasteiger partial charge in [0.05, 0.1) is 0 Å². The summed E-state index contributed by atoms with van der Waals surface area (Å²) in [4.78, 5) is 11.7. The summed E-state index contributed by atoms with van der Waals surface area (Å²) in [7, 11) is 0. The smallest absolute Gasteiger partial charge is 0.317 e. The van der Waals surface area contributed by atoms with Crippen LogP contribution in [0, 0.1) is 6.92 Å². The fourth-order valence-electron chi connectivity index (χ4n) is 2.07. The minimum atomic E-state index is -0.241. The van der Waals surface area contributed by atoms with Crippen LogP contribution < -0.4 is 15.4 Å². The Balaban J connectivity index is 1.72. The van der Waals surface area contributed by atoms with E-state index in [2.05, 4.69) is 17.6 Å². The van der Waals surface area contributed by atoms with Gasteiger partial charge in [-0.2, -0.15) is 0 Å². The second kappa shape index (κ2) is 8.08. The van der Waals surface area contributed by atoms with Crippen LogP contribution in [0.2, 0.25) is 0 Å². The SMILES string of the molecule is CCc1ccccc1OCNC(=O)NCc1ccc(C)cc1. The first kappa shape index (κ1) is 15.9. The number of urea groups is 1. The number of carbonyl (C=O) groups is 1. The standard InChI is InChI=1S/C18H22N2O2/c1-3-16-6-4-5-7-17(16)22-13-20-18(21)19-12-15-10-8-14(2)9-11-15/h4-11H,3,12-13H2,1-2H3,(H2,19,20,21). The van der Waals surface area contributed by atoms with Crippen LogP contribution in [0.1, 0.15) is 23.6 Å². The highest BCUT2D eigenvalue weighted by molar-refractivity contribution is 5.73. The minimum absolute atomic E-state index is 0.150. The Morgan fingerprint density at radius 1 is 1.05 bits per heavy atom. The van der Waals surface area contributed by atoms with Gasteiger partial charge in [-0.3, -0.25) is 0 Å². The van der Waals surface area contributed by atoms with Gasteiger partial charge in [0.2, 0.25) is 0 Å². The average molecular weight is 298 g/mol. The van der Waals surface area contributed by atoms with Crippen molar-refractivity contribution in [2.75, 3.05) is 6.73 Å². The minimum Gasteiger partial charge on any atom is -0.473 e. The summed E-state index contributed by atoms with van der Waals surface area (Å²) in [5.41, 5.74) is 3.40. The predicted octanol–water partition coefficient (Wildman–Crippen LogP) is 3.39. The lowest BCUT2D eigenvalue weighted by Gasteiger charge is -2.12. The van der Waals surface area contributed by atoms with E-state index in [1.807, 2.05) is 55.5 Å². The van der Waals surface area contributed by atoms with Crippen LogP contribution in [0.3, 0.4) is 0 Å². The zero-order valence-corrected chi connectivity index (χ0v) is 13.1. The van der Waals surface area contributed by atoms with E-state index < -0.39 is 0 Å². The summed E-state index contributed by atoms with van der Waals surface area (Å²) < 4.78 is 5.59. The molecule has 0 bridgehead atoms. The van der Waals surface area contributed by atoms with E-state index in [0.29, 0.717) is 6.54 Å². The van der Waals surface area contributed by atoms with Gasteiger partial charge in [-0.05, 0) is 30.5 Å². The first-order valence-electron chi connectivity index (χ1n) is 7.47. The van der Waals surface area contributed by atoms with Gasteiger partial charge in [-0.15, -0.1) is 0 Å². The van der Waals surface area contributed by atoms with Crippen molar-refractivity contribution < 1.29 is 9.53 Å². The molecule has 22 heavy (non-hydrogen) atoms. The molecule has 0 unspecified atom stereocenters. The topological polar surface area (TPSA) is 50.4 Å². The number of rotatable bonds is 6. The van der Waals surface area contributed by atoms with Crippen LogP contribution in [0.25, 0.3) is 0 Å². The van der Waals surface area contributed by atoms with Gasteiger partial charge in [-0.1, -0.05) is 55.0 Å². The fraction of sp³-hybridized carbons (Fsp3) is 0.278. The Morgan fingerprint density at radius 3 is 2.50 bits per heavy atom. The lowest BCUT2D eigenvalue weighted by Crippen LogP contribution is -2.37. The molecule has 116 valence electrons. The molecular formula is C18H22N2O2. The maximum absolute atomic E-state index is 11.7. The van der Waals surface area contributed by atoms with E-state index in [-0.39, 0.29) is 12.8 Å². The number of hydrogen-bond donors (Lipinski definition) is 2. The molecule has 0 heterocycles. The second-order valence-electron chi connectivity index (χ2n) is 5.10. The fourth-order valence-corrected chi connectivity index (χ4v) is 2.07. The second-order valence-corrected chi connectivity index (χ2v) is 5.10. The average Bonchev–Trinajstić information content (AvgIpc) is 2.55. The summed E-state index contributed by atoms with van der Waals surface area (Å²) in [5.74, 6) is 0.809. The van der Waals surface area contributed by atoms with Crippen molar-refractivity contribution in [1.82, 2.24) is 10.6 Å². The van der Waals surface area contributed by atoms with E-state index in [4.69, 9.17) is 4.74 Å². The zero-order valence-electron chi connectivity index (χ0n) is 13.1. The molecule has 0 saturated heterocycles. The van der Waals surface area contributed by atoms with E-state index in [1.54, 1.807) is 0 Å². The number of aryl methyl sites for hydroxylation is 2. The van der Waals surface area contributed by atoms with Gasteiger partial charge >= 0.3 is 6.03 Å². The highest BCUT2D eigenvalue weighted by atomic mass is 16.5.